The van der Waals surface area contributed by atoms with Gasteiger partial charge in [-0.25, -0.2) is 0 Å². The van der Waals surface area contributed by atoms with Crippen LogP contribution in [0.2, 0.25) is 0 Å². The summed E-state index contributed by atoms with van der Waals surface area (Å²) < 4.78 is 10.8. The van der Waals surface area contributed by atoms with E-state index in [2.05, 4.69) is 24.4 Å². The fourth-order valence-electron chi connectivity index (χ4n) is 1.97. The molecular formula is C17H21NO2. The third kappa shape index (κ3) is 4.28. The van der Waals surface area contributed by atoms with Crippen molar-refractivity contribution in [3.63, 3.8) is 0 Å². The van der Waals surface area contributed by atoms with Crippen molar-refractivity contribution in [2.45, 2.75) is 13.0 Å². The quantitative estimate of drug-likeness (QED) is 0.783. The zero-order valence-electron chi connectivity index (χ0n) is 12.0. The van der Waals surface area contributed by atoms with Crippen molar-refractivity contribution in [3.05, 3.63) is 60.2 Å². The molecule has 3 heteroatoms. The molecule has 0 aliphatic rings. The second-order valence-corrected chi connectivity index (χ2v) is 4.61. The first-order chi connectivity index (χ1) is 9.79. The molecule has 0 amide bonds. The maximum absolute atomic E-state index is 5.65. The minimum Gasteiger partial charge on any atom is -0.497 e. The van der Waals surface area contributed by atoms with Gasteiger partial charge in [0.1, 0.15) is 18.1 Å². The minimum absolute atomic E-state index is 0.292. The van der Waals surface area contributed by atoms with Crippen LogP contribution in [0.25, 0.3) is 0 Å². The SMILES string of the molecule is COc1ccc([C@H](C)NCCOc2ccccc2)cc1. The fourth-order valence-corrected chi connectivity index (χ4v) is 1.97. The van der Waals surface area contributed by atoms with Crippen molar-refractivity contribution in [2.75, 3.05) is 20.3 Å². The number of para-hydroxylation sites is 1. The van der Waals surface area contributed by atoms with E-state index in [9.17, 15) is 0 Å². The van der Waals surface area contributed by atoms with Crippen LogP contribution in [-0.2, 0) is 0 Å². The van der Waals surface area contributed by atoms with Crippen LogP contribution < -0.4 is 14.8 Å². The van der Waals surface area contributed by atoms with Crippen molar-refractivity contribution in [1.29, 1.82) is 0 Å². The minimum atomic E-state index is 0.292. The normalized spacial score (nSPS) is 11.9. The van der Waals surface area contributed by atoms with Gasteiger partial charge in [0.2, 0.25) is 0 Å². The van der Waals surface area contributed by atoms with E-state index in [1.54, 1.807) is 7.11 Å². The van der Waals surface area contributed by atoms with Crippen LogP contribution in [0.5, 0.6) is 11.5 Å². The Morgan fingerprint density at radius 3 is 2.30 bits per heavy atom. The Morgan fingerprint density at radius 1 is 0.950 bits per heavy atom. The second-order valence-electron chi connectivity index (χ2n) is 4.61. The molecule has 0 fully saturated rings. The summed E-state index contributed by atoms with van der Waals surface area (Å²) >= 11 is 0. The third-order valence-electron chi connectivity index (χ3n) is 3.18. The summed E-state index contributed by atoms with van der Waals surface area (Å²) in [7, 11) is 1.68. The van der Waals surface area contributed by atoms with Gasteiger partial charge in [0.25, 0.3) is 0 Å². The molecule has 1 N–H and O–H groups in total. The fraction of sp³-hybridized carbons (Fsp3) is 0.294. The van der Waals surface area contributed by atoms with Crippen LogP contribution in [0.15, 0.2) is 54.6 Å². The average Bonchev–Trinajstić information content (AvgIpc) is 2.52. The lowest BCUT2D eigenvalue weighted by atomic mass is 10.1. The van der Waals surface area contributed by atoms with Crippen LogP contribution in [0, 0.1) is 0 Å². The molecule has 0 aromatic heterocycles. The second kappa shape index (κ2) is 7.56. The molecular weight excluding hydrogens is 250 g/mol. The Morgan fingerprint density at radius 2 is 1.65 bits per heavy atom. The van der Waals surface area contributed by atoms with Crippen LogP contribution in [0.1, 0.15) is 18.5 Å². The maximum Gasteiger partial charge on any atom is 0.119 e. The zero-order chi connectivity index (χ0) is 14.2. The first-order valence-electron chi connectivity index (χ1n) is 6.85. The summed E-state index contributed by atoms with van der Waals surface area (Å²) in [4.78, 5) is 0. The number of benzene rings is 2. The van der Waals surface area contributed by atoms with Gasteiger partial charge in [-0.2, -0.15) is 0 Å². The highest BCUT2D eigenvalue weighted by molar-refractivity contribution is 5.28. The summed E-state index contributed by atoms with van der Waals surface area (Å²) in [6, 6.07) is 18.3. The maximum atomic E-state index is 5.65. The van der Waals surface area contributed by atoms with E-state index >= 15 is 0 Å². The lowest BCUT2D eigenvalue weighted by molar-refractivity contribution is 0.307. The summed E-state index contributed by atoms with van der Waals surface area (Å²) in [5.41, 5.74) is 1.24. The Labute approximate surface area is 120 Å². The summed E-state index contributed by atoms with van der Waals surface area (Å²) in [6.07, 6.45) is 0. The van der Waals surface area contributed by atoms with Gasteiger partial charge in [-0.05, 0) is 36.8 Å². The van der Waals surface area contributed by atoms with Gasteiger partial charge in [-0.1, -0.05) is 30.3 Å². The molecule has 2 aromatic rings. The molecule has 0 unspecified atom stereocenters. The van der Waals surface area contributed by atoms with E-state index in [4.69, 9.17) is 9.47 Å². The summed E-state index contributed by atoms with van der Waals surface area (Å²) in [6.45, 7) is 3.61. The van der Waals surface area contributed by atoms with E-state index < -0.39 is 0 Å². The van der Waals surface area contributed by atoms with Gasteiger partial charge in [0, 0.05) is 12.6 Å². The largest absolute Gasteiger partial charge is 0.497 e. The molecule has 0 bridgehead atoms. The lowest BCUT2D eigenvalue weighted by Crippen LogP contribution is -2.24. The predicted octanol–water partition coefficient (Wildman–Crippen LogP) is 3.42. The Bertz CT molecular complexity index is 496. The first-order valence-corrected chi connectivity index (χ1v) is 6.85. The molecule has 106 valence electrons. The van der Waals surface area contributed by atoms with Gasteiger partial charge in [0.15, 0.2) is 0 Å². The molecule has 20 heavy (non-hydrogen) atoms. The average molecular weight is 271 g/mol. The van der Waals surface area contributed by atoms with E-state index in [-0.39, 0.29) is 0 Å². The number of hydrogen-bond donors (Lipinski definition) is 1. The molecule has 0 saturated carbocycles. The van der Waals surface area contributed by atoms with Crippen molar-refractivity contribution >= 4 is 0 Å². The smallest absolute Gasteiger partial charge is 0.119 e. The van der Waals surface area contributed by atoms with E-state index in [0.717, 1.165) is 18.0 Å². The zero-order valence-corrected chi connectivity index (χ0v) is 12.0. The van der Waals surface area contributed by atoms with Gasteiger partial charge < -0.3 is 14.8 Å². The van der Waals surface area contributed by atoms with Gasteiger partial charge in [-0.15, -0.1) is 0 Å². The predicted molar refractivity (Wildman–Crippen MR) is 81.3 cm³/mol. The number of ether oxygens (including phenoxy) is 2. The molecule has 2 aromatic carbocycles. The molecule has 1 atom stereocenters. The van der Waals surface area contributed by atoms with Crippen molar-refractivity contribution in [3.8, 4) is 11.5 Å². The van der Waals surface area contributed by atoms with Crippen LogP contribution in [0.3, 0.4) is 0 Å². The Hall–Kier alpha value is -2.00. The molecule has 0 spiro atoms. The van der Waals surface area contributed by atoms with E-state index in [0.29, 0.717) is 12.6 Å². The van der Waals surface area contributed by atoms with Gasteiger partial charge >= 0.3 is 0 Å². The summed E-state index contributed by atoms with van der Waals surface area (Å²) in [5.74, 6) is 1.79. The highest BCUT2D eigenvalue weighted by Gasteiger charge is 2.04. The van der Waals surface area contributed by atoms with Crippen molar-refractivity contribution in [2.24, 2.45) is 0 Å². The lowest BCUT2D eigenvalue weighted by Gasteiger charge is -2.15. The summed E-state index contributed by atoms with van der Waals surface area (Å²) in [5, 5.41) is 3.44. The van der Waals surface area contributed by atoms with E-state index in [1.165, 1.54) is 5.56 Å². The first kappa shape index (κ1) is 14.4. The number of nitrogens with one attached hydrogen (secondary N) is 1. The highest BCUT2D eigenvalue weighted by Crippen LogP contribution is 2.17. The highest BCUT2D eigenvalue weighted by atomic mass is 16.5. The van der Waals surface area contributed by atoms with Crippen LogP contribution in [-0.4, -0.2) is 20.3 Å². The van der Waals surface area contributed by atoms with Crippen LogP contribution in [0.4, 0.5) is 0 Å². The number of methoxy groups -OCH3 is 1. The monoisotopic (exact) mass is 271 g/mol. The molecule has 0 heterocycles. The molecule has 0 radical (unpaired) electrons. The molecule has 0 aliphatic heterocycles. The molecule has 0 saturated heterocycles. The molecule has 2 rings (SSSR count). The van der Waals surface area contributed by atoms with Crippen molar-refractivity contribution in [1.82, 2.24) is 5.32 Å². The Balaban J connectivity index is 1.73. The molecule has 3 nitrogen and oxygen atoms in total. The van der Waals surface area contributed by atoms with Crippen molar-refractivity contribution < 1.29 is 9.47 Å². The standard InChI is InChI=1S/C17H21NO2/c1-14(15-8-10-16(19-2)11-9-15)18-12-13-20-17-6-4-3-5-7-17/h3-11,14,18H,12-13H2,1-2H3/t14-/m0/s1. The molecule has 0 aliphatic carbocycles. The van der Waals surface area contributed by atoms with Crippen LogP contribution >= 0.6 is 0 Å². The topological polar surface area (TPSA) is 30.5 Å². The van der Waals surface area contributed by atoms with Gasteiger partial charge in [-0.3, -0.25) is 0 Å². The van der Waals surface area contributed by atoms with Gasteiger partial charge in [0.05, 0.1) is 7.11 Å². The number of rotatable bonds is 7. The Kier molecular flexibility index (Phi) is 5.44. The number of hydrogen-bond acceptors (Lipinski definition) is 3. The third-order valence-corrected chi connectivity index (χ3v) is 3.18. The van der Waals surface area contributed by atoms with E-state index in [1.807, 2.05) is 42.5 Å².